The van der Waals surface area contributed by atoms with E-state index in [0.717, 1.165) is 18.4 Å². The van der Waals surface area contributed by atoms with E-state index in [1.165, 1.54) is 6.07 Å². The van der Waals surface area contributed by atoms with Crippen LogP contribution in [-0.4, -0.2) is 24.6 Å². The van der Waals surface area contributed by atoms with E-state index < -0.39 is 6.36 Å². The Morgan fingerprint density at radius 1 is 1.35 bits per heavy atom. The van der Waals surface area contributed by atoms with Gasteiger partial charge in [0.05, 0.1) is 4.47 Å². The number of benzene rings is 1. The van der Waals surface area contributed by atoms with Crippen molar-refractivity contribution in [2.45, 2.75) is 25.7 Å². The highest BCUT2D eigenvalue weighted by atomic mass is 79.9. The summed E-state index contributed by atoms with van der Waals surface area (Å²) in [6, 6.07) is 4.46. The van der Waals surface area contributed by atoms with E-state index in [-0.39, 0.29) is 22.2 Å². The molecule has 1 saturated carbocycles. The lowest BCUT2D eigenvalue weighted by molar-refractivity contribution is -0.274. The molecule has 0 aliphatic heterocycles. The molecule has 7 heteroatoms. The maximum atomic E-state index is 12.1. The summed E-state index contributed by atoms with van der Waals surface area (Å²) < 4.78 is 40.5. The van der Waals surface area contributed by atoms with E-state index >= 15 is 0 Å². The van der Waals surface area contributed by atoms with Crippen LogP contribution in [0.1, 0.15) is 18.4 Å². The summed E-state index contributed by atoms with van der Waals surface area (Å²) in [5, 5.41) is 12.4. The molecule has 1 aliphatic rings. The largest absolute Gasteiger partial charge is 0.573 e. The molecule has 0 amide bonds. The minimum absolute atomic E-state index is 0.0105. The summed E-state index contributed by atoms with van der Waals surface area (Å²) in [6.45, 7) is 1.41. The molecular weight excluding hydrogens is 339 g/mol. The Hall–Kier alpha value is -0.790. The number of rotatable bonds is 6. The van der Waals surface area contributed by atoms with Crippen molar-refractivity contribution in [1.29, 1.82) is 0 Å². The fraction of sp³-hybridized carbons (Fsp3) is 0.538. The molecule has 112 valence electrons. The van der Waals surface area contributed by atoms with Crippen molar-refractivity contribution in [2.75, 3.05) is 13.2 Å². The zero-order chi connectivity index (χ0) is 14.8. The molecule has 1 aliphatic carbocycles. The zero-order valence-corrected chi connectivity index (χ0v) is 12.2. The van der Waals surface area contributed by atoms with Gasteiger partial charge in [0, 0.05) is 25.1 Å². The fourth-order valence-corrected chi connectivity index (χ4v) is 2.41. The van der Waals surface area contributed by atoms with Crippen molar-refractivity contribution < 1.29 is 23.0 Å². The van der Waals surface area contributed by atoms with Gasteiger partial charge < -0.3 is 15.2 Å². The van der Waals surface area contributed by atoms with Crippen molar-refractivity contribution in [2.24, 2.45) is 5.41 Å². The molecule has 0 unspecified atom stereocenters. The fourth-order valence-electron chi connectivity index (χ4n) is 1.90. The lowest BCUT2D eigenvalue weighted by Gasteiger charge is -2.14. The molecule has 0 spiro atoms. The van der Waals surface area contributed by atoms with Crippen molar-refractivity contribution in [3.05, 3.63) is 28.2 Å². The molecule has 1 aromatic rings. The van der Waals surface area contributed by atoms with Gasteiger partial charge in [0.25, 0.3) is 0 Å². The van der Waals surface area contributed by atoms with E-state index in [0.29, 0.717) is 13.1 Å². The summed E-state index contributed by atoms with van der Waals surface area (Å²) >= 11 is 3.06. The van der Waals surface area contributed by atoms with Gasteiger partial charge in [-0.05, 0) is 46.5 Å². The van der Waals surface area contributed by atoms with E-state index in [1.54, 1.807) is 12.1 Å². The van der Waals surface area contributed by atoms with Gasteiger partial charge in [-0.1, -0.05) is 6.07 Å². The predicted octanol–water partition coefficient (Wildman–Crippen LogP) is 3.21. The van der Waals surface area contributed by atoms with Crippen LogP contribution < -0.4 is 10.1 Å². The maximum absolute atomic E-state index is 12.1. The molecule has 2 rings (SSSR count). The molecule has 0 aromatic heterocycles. The van der Waals surface area contributed by atoms with Gasteiger partial charge in [0.1, 0.15) is 5.75 Å². The molecule has 2 N–H and O–H groups in total. The number of aliphatic hydroxyl groups is 1. The van der Waals surface area contributed by atoms with E-state index in [1.807, 2.05) is 0 Å². The maximum Gasteiger partial charge on any atom is 0.573 e. The third kappa shape index (κ3) is 4.36. The second-order valence-electron chi connectivity index (χ2n) is 5.07. The summed E-state index contributed by atoms with van der Waals surface area (Å²) in [7, 11) is 0. The number of halogens is 4. The van der Waals surface area contributed by atoms with Gasteiger partial charge in [0.15, 0.2) is 0 Å². The predicted molar refractivity (Wildman–Crippen MR) is 71.3 cm³/mol. The lowest BCUT2D eigenvalue weighted by atomic mass is 10.1. The molecular formula is C13H15BrF3NO2. The van der Waals surface area contributed by atoms with Crippen LogP contribution in [0.5, 0.6) is 5.75 Å². The number of nitrogens with one attached hydrogen (secondary N) is 1. The number of hydrogen-bond acceptors (Lipinski definition) is 3. The van der Waals surface area contributed by atoms with E-state index in [4.69, 9.17) is 0 Å². The van der Waals surface area contributed by atoms with Crippen molar-refractivity contribution in [1.82, 2.24) is 5.32 Å². The Labute approximate surface area is 123 Å². The first-order valence-electron chi connectivity index (χ1n) is 6.19. The number of alkyl halides is 3. The van der Waals surface area contributed by atoms with Gasteiger partial charge in [0.2, 0.25) is 0 Å². The first-order chi connectivity index (χ1) is 9.34. The highest BCUT2D eigenvalue weighted by Gasteiger charge is 2.41. The Balaban J connectivity index is 1.88. The number of aliphatic hydroxyl groups excluding tert-OH is 1. The van der Waals surface area contributed by atoms with Crippen LogP contribution in [0, 0.1) is 5.41 Å². The SMILES string of the molecule is OCC1(CNCc2ccc(OC(F)(F)F)c(Br)c2)CC1. The van der Waals surface area contributed by atoms with Crippen LogP contribution in [0.4, 0.5) is 13.2 Å². The minimum atomic E-state index is -4.69. The molecule has 20 heavy (non-hydrogen) atoms. The summed E-state index contributed by atoms with van der Waals surface area (Å²) in [5.74, 6) is -0.254. The first-order valence-corrected chi connectivity index (χ1v) is 6.99. The Bertz CT molecular complexity index is 475. The Morgan fingerprint density at radius 2 is 2.05 bits per heavy atom. The van der Waals surface area contributed by atoms with Crippen LogP contribution in [0.2, 0.25) is 0 Å². The average molecular weight is 354 g/mol. The van der Waals surface area contributed by atoms with Gasteiger partial charge in [-0.15, -0.1) is 13.2 Å². The van der Waals surface area contributed by atoms with Gasteiger partial charge in [-0.3, -0.25) is 0 Å². The highest BCUT2D eigenvalue weighted by molar-refractivity contribution is 9.10. The van der Waals surface area contributed by atoms with Crippen LogP contribution in [0.15, 0.2) is 22.7 Å². The third-order valence-corrected chi connectivity index (χ3v) is 3.96. The molecule has 0 saturated heterocycles. The zero-order valence-electron chi connectivity index (χ0n) is 10.6. The topological polar surface area (TPSA) is 41.5 Å². The molecule has 3 nitrogen and oxygen atoms in total. The van der Waals surface area contributed by atoms with Crippen LogP contribution in [0.3, 0.4) is 0 Å². The molecule has 1 fully saturated rings. The average Bonchev–Trinajstić information content (AvgIpc) is 3.12. The van der Waals surface area contributed by atoms with Gasteiger partial charge >= 0.3 is 6.36 Å². The van der Waals surface area contributed by atoms with Crippen LogP contribution >= 0.6 is 15.9 Å². The summed E-state index contributed by atoms with van der Waals surface area (Å²) in [6.07, 6.45) is -2.67. The third-order valence-electron chi connectivity index (χ3n) is 3.34. The second-order valence-corrected chi connectivity index (χ2v) is 5.93. The van der Waals surface area contributed by atoms with Crippen molar-refractivity contribution >= 4 is 15.9 Å². The lowest BCUT2D eigenvalue weighted by Crippen LogP contribution is -2.26. The normalized spacial score (nSPS) is 17.1. The van der Waals surface area contributed by atoms with Crippen molar-refractivity contribution in [3.63, 3.8) is 0 Å². The van der Waals surface area contributed by atoms with E-state index in [2.05, 4.69) is 26.0 Å². The van der Waals surface area contributed by atoms with Gasteiger partial charge in [-0.2, -0.15) is 0 Å². The van der Waals surface area contributed by atoms with Crippen LogP contribution in [-0.2, 0) is 6.54 Å². The van der Waals surface area contributed by atoms with Crippen LogP contribution in [0.25, 0.3) is 0 Å². The second kappa shape index (κ2) is 5.91. The molecule has 0 bridgehead atoms. The molecule has 0 heterocycles. The number of hydrogen-bond donors (Lipinski definition) is 2. The number of ether oxygens (including phenoxy) is 1. The highest BCUT2D eigenvalue weighted by Crippen LogP contribution is 2.44. The van der Waals surface area contributed by atoms with Crippen molar-refractivity contribution in [3.8, 4) is 5.75 Å². The first kappa shape index (κ1) is 15.6. The minimum Gasteiger partial charge on any atom is -0.405 e. The monoisotopic (exact) mass is 353 g/mol. The summed E-state index contributed by atoms with van der Waals surface area (Å²) in [4.78, 5) is 0. The van der Waals surface area contributed by atoms with E-state index in [9.17, 15) is 18.3 Å². The molecule has 0 radical (unpaired) electrons. The summed E-state index contributed by atoms with van der Waals surface area (Å²) in [5.41, 5.74) is 0.858. The smallest absolute Gasteiger partial charge is 0.405 e. The Morgan fingerprint density at radius 3 is 2.55 bits per heavy atom. The Kier molecular flexibility index (Phi) is 4.61. The standard InChI is InChI=1S/C13H15BrF3NO2/c14-10-5-9(1-2-11(10)20-13(15,16)17)6-18-7-12(8-19)3-4-12/h1-2,5,18-19H,3-4,6-8H2. The molecule has 1 aromatic carbocycles. The molecule has 0 atom stereocenters. The van der Waals surface area contributed by atoms with Gasteiger partial charge in [-0.25, -0.2) is 0 Å². The quantitative estimate of drug-likeness (QED) is 0.825.